The number of furan rings is 1. The maximum absolute atomic E-state index is 6.55. The van der Waals surface area contributed by atoms with E-state index in [4.69, 9.17) is 14.4 Å². The number of para-hydroxylation sites is 5. The Kier molecular flexibility index (Phi) is 5.71. The van der Waals surface area contributed by atoms with Crippen molar-refractivity contribution in [3.63, 3.8) is 0 Å². The molecule has 0 atom stereocenters. The number of hydrogen-bond acceptors (Lipinski definition) is 3. The molecule has 8 aromatic carbocycles. The second-order valence-corrected chi connectivity index (χ2v) is 13.7. The molecule has 0 aliphatic heterocycles. The fraction of sp³-hybridized carbons (Fsp3) is 0. The Morgan fingerprint density at radius 1 is 0.377 bits per heavy atom. The summed E-state index contributed by atoms with van der Waals surface area (Å²) in [5, 5.41) is 10.3. The standard InChI is InChI=1S/C48H28N4O/c1-3-15-29(16-4-1)45-31-19-7-11-23-36(31)49-48(50-45)52-38-25-13-8-20-32(38)41-35-27-28-40-42(34-22-10-14-26-39(34)53-40)43(35)44-33-21-9-12-24-37(33)51(47(44)46(41)52)30-17-5-2-6-18-30/h1-28H. The molecule has 0 amide bonds. The van der Waals surface area contributed by atoms with Gasteiger partial charge in [-0.05, 0) is 53.9 Å². The smallest absolute Gasteiger partial charge is 0.235 e. The minimum atomic E-state index is 0.633. The minimum Gasteiger partial charge on any atom is -0.456 e. The molecule has 0 unspecified atom stereocenters. The van der Waals surface area contributed by atoms with Crippen LogP contribution in [0, 0.1) is 0 Å². The molecule has 53 heavy (non-hydrogen) atoms. The molecule has 4 heterocycles. The lowest BCUT2D eigenvalue weighted by atomic mass is 9.95. The van der Waals surface area contributed by atoms with E-state index in [-0.39, 0.29) is 0 Å². The van der Waals surface area contributed by atoms with E-state index in [9.17, 15) is 0 Å². The van der Waals surface area contributed by atoms with Crippen LogP contribution in [0.5, 0.6) is 0 Å². The van der Waals surface area contributed by atoms with Gasteiger partial charge in [0, 0.05) is 54.3 Å². The molecule has 5 heteroatoms. The molecule has 4 aromatic heterocycles. The van der Waals surface area contributed by atoms with E-state index in [0.29, 0.717) is 5.95 Å². The lowest BCUT2D eigenvalue weighted by Gasteiger charge is -2.15. The first-order valence-electron chi connectivity index (χ1n) is 17.9. The van der Waals surface area contributed by atoms with Crippen LogP contribution in [0.3, 0.4) is 0 Å². The summed E-state index contributed by atoms with van der Waals surface area (Å²) in [4.78, 5) is 10.8. The first-order chi connectivity index (χ1) is 26.3. The van der Waals surface area contributed by atoms with Crippen LogP contribution in [0.15, 0.2) is 174 Å². The molecule has 12 aromatic rings. The first-order valence-corrected chi connectivity index (χ1v) is 17.9. The molecule has 5 nitrogen and oxygen atoms in total. The van der Waals surface area contributed by atoms with Crippen LogP contribution in [0.1, 0.15) is 0 Å². The van der Waals surface area contributed by atoms with Crippen LogP contribution < -0.4 is 0 Å². The van der Waals surface area contributed by atoms with Gasteiger partial charge in [-0.1, -0.05) is 121 Å². The average Bonchev–Trinajstić information content (AvgIpc) is 3.89. The molecule has 0 saturated carbocycles. The number of rotatable bonds is 3. The topological polar surface area (TPSA) is 48.8 Å². The average molecular weight is 677 g/mol. The zero-order chi connectivity index (χ0) is 34.6. The molecule has 0 aliphatic rings. The van der Waals surface area contributed by atoms with Crippen LogP contribution in [-0.2, 0) is 0 Å². The highest BCUT2D eigenvalue weighted by molar-refractivity contribution is 6.41. The molecule has 0 radical (unpaired) electrons. The van der Waals surface area contributed by atoms with Crippen molar-refractivity contribution < 1.29 is 4.42 Å². The van der Waals surface area contributed by atoms with E-state index in [0.717, 1.165) is 82.6 Å². The van der Waals surface area contributed by atoms with Gasteiger partial charge in [0.25, 0.3) is 0 Å². The monoisotopic (exact) mass is 676 g/mol. The van der Waals surface area contributed by atoms with Gasteiger partial charge < -0.3 is 8.98 Å². The Morgan fingerprint density at radius 3 is 1.77 bits per heavy atom. The summed E-state index contributed by atoms with van der Waals surface area (Å²) in [5.74, 6) is 0.633. The highest BCUT2D eigenvalue weighted by Crippen LogP contribution is 2.49. The number of benzene rings is 8. The van der Waals surface area contributed by atoms with Crippen molar-refractivity contribution in [3.05, 3.63) is 170 Å². The van der Waals surface area contributed by atoms with Gasteiger partial charge in [0.15, 0.2) is 0 Å². The zero-order valence-corrected chi connectivity index (χ0v) is 28.4. The lowest BCUT2D eigenvalue weighted by Crippen LogP contribution is -2.05. The van der Waals surface area contributed by atoms with E-state index >= 15 is 0 Å². The molecule has 0 spiro atoms. The second kappa shape index (κ2) is 10.6. The molecular formula is C48H28N4O. The largest absolute Gasteiger partial charge is 0.456 e. The Hall–Kier alpha value is -7.24. The SMILES string of the molecule is c1ccc(-c2nc(-n3c4ccccc4c4c5ccc6oc7ccccc7c6c5c5c6ccccc6n(-c6ccccc6)c5c43)nc3ccccc23)cc1. The van der Waals surface area contributed by atoms with E-state index in [1.165, 1.54) is 21.5 Å². The van der Waals surface area contributed by atoms with Crippen LogP contribution in [0.25, 0.3) is 110 Å². The summed E-state index contributed by atoms with van der Waals surface area (Å²) in [7, 11) is 0. The van der Waals surface area contributed by atoms with E-state index < -0.39 is 0 Å². The molecule has 12 rings (SSSR count). The zero-order valence-electron chi connectivity index (χ0n) is 28.4. The van der Waals surface area contributed by atoms with Crippen molar-refractivity contribution in [1.82, 2.24) is 19.1 Å². The normalized spacial score (nSPS) is 12.2. The van der Waals surface area contributed by atoms with Gasteiger partial charge in [0.2, 0.25) is 5.95 Å². The third-order valence-corrected chi connectivity index (χ3v) is 10.9. The number of fused-ring (bicyclic) bond motifs is 15. The van der Waals surface area contributed by atoms with Crippen LogP contribution in [-0.4, -0.2) is 19.1 Å². The Bertz CT molecular complexity index is 3450. The van der Waals surface area contributed by atoms with Gasteiger partial charge in [-0.2, -0.15) is 0 Å². The van der Waals surface area contributed by atoms with Crippen LogP contribution >= 0.6 is 0 Å². The first kappa shape index (κ1) is 28.5. The van der Waals surface area contributed by atoms with Crippen molar-refractivity contribution in [1.29, 1.82) is 0 Å². The van der Waals surface area contributed by atoms with E-state index in [1.807, 2.05) is 12.1 Å². The highest BCUT2D eigenvalue weighted by Gasteiger charge is 2.27. The number of aromatic nitrogens is 4. The third kappa shape index (κ3) is 3.85. The van der Waals surface area contributed by atoms with Crippen molar-refractivity contribution in [2.75, 3.05) is 0 Å². The molecule has 0 aliphatic carbocycles. The number of hydrogen-bond donors (Lipinski definition) is 0. The van der Waals surface area contributed by atoms with Crippen molar-refractivity contribution in [3.8, 4) is 22.9 Å². The summed E-state index contributed by atoms with van der Waals surface area (Å²) in [6.45, 7) is 0. The van der Waals surface area contributed by atoms with Crippen LogP contribution in [0.4, 0.5) is 0 Å². The van der Waals surface area contributed by atoms with Gasteiger partial charge in [0.05, 0.1) is 33.3 Å². The van der Waals surface area contributed by atoms with Gasteiger partial charge in [-0.3, -0.25) is 4.57 Å². The fourth-order valence-corrected chi connectivity index (χ4v) is 8.77. The molecule has 0 N–H and O–H groups in total. The highest BCUT2D eigenvalue weighted by atomic mass is 16.3. The summed E-state index contributed by atoms with van der Waals surface area (Å²) < 4.78 is 11.3. The molecular weight excluding hydrogens is 649 g/mol. The lowest BCUT2D eigenvalue weighted by molar-refractivity contribution is 0.669. The van der Waals surface area contributed by atoms with Crippen LogP contribution in [0.2, 0.25) is 0 Å². The summed E-state index contributed by atoms with van der Waals surface area (Å²) in [6.07, 6.45) is 0. The van der Waals surface area contributed by atoms with Crippen molar-refractivity contribution in [2.24, 2.45) is 0 Å². The second-order valence-electron chi connectivity index (χ2n) is 13.7. The third-order valence-electron chi connectivity index (χ3n) is 10.9. The van der Waals surface area contributed by atoms with E-state index in [1.54, 1.807) is 0 Å². The van der Waals surface area contributed by atoms with E-state index in [2.05, 4.69) is 167 Å². The Morgan fingerprint density at radius 2 is 0.981 bits per heavy atom. The molecule has 0 fully saturated rings. The van der Waals surface area contributed by atoms with Gasteiger partial charge in [0.1, 0.15) is 11.2 Å². The minimum absolute atomic E-state index is 0.633. The molecule has 0 saturated heterocycles. The predicted molar refractivity (Wildman–Crippen MR) is 218 cm³/mol. The number of nitrogens with zero attached hydrogens (tertiary/aromatic N) is 4. The molecule has 246 valence electrons. The van der Waals surface area contributed by atoms with Gasteiger partial charge >= 0.3 is 0 Å². The maximum atomic E-state index is 6.55. The quantitative estimate of drug-likeness (QED) is 0.187. The van der Waals surface area contributed by atoms with Crippen molar-refractivity contribution >= 4 is 87.2 Å². The predicted octanol–water partition coefficient (Wildman–Crippen LogP) is 12.5. The molecule has 0 bridgehead atoms. The maximum Gasteiger partial charge on any atom is 0.235 e. The Balaban J connectivity index is 1.39. The fourth-order valence-electron chi connectivity index (χ4n) is 8.77. The van der Waals surface area contributed by atoms with Gasteiger partial charge in [-0.15, -0.1) is 0 Å². The van der Waals surface area contributed by atoms with Crippen molar-refractivity contribution in [2.45, 2.75) is 0 Å². The Labute approximate surface area is 302 Å². The summed E-state index contributed by atoms with van der Waals surface area (Å²) in [5.41, 5.74) is 10.1. The summed E-state index contributed by atoms with van der Waals surface area (Å²) >= 11 is 0. The summed E-state index contributed by atoms with van der Waals surface area (Å²) in [6, 6.07) is 59.7. The van der Waals surface area contributed by atoms with Gasteiger partial charge in [-0.25, -0.2) is 9.97 Å².